The molecule has 5 heteroatoms. The molecule has 0 aliphatic carbocycles. The molecule has 4 rings (SSSR count). The largest absolute Gasteiger partial charge is 0.289 e. The van der Waals surface area contributed by atoms with Crippen molar-refractivity contribution in [2.45, 2.75) is 5.33 Å². The van der Waals surface area contributed by atoms with Crippen LogP contribution in [0.25, 0.3) is 10.9 Å². The predicted octanol–water partition coefficient (Wildman–Crippen LogP) is 6.22. The first-order chi connectivity index (χ1) is 13.6. The van der Waals surface area contributed by atoms with Gasteiger partial charge in [-0.2, -0.15) is 0 Å². The number of hydrogen-bond donors (Lipinski definition) is 0. The molecule has 0 fully saturated rings. The lowest BCUT2D eigenvalue weighted by molar-refractivity contribution is 0.0963. The third-order valence-electron chi connectivity index (χ3n) is 4.66. The van der Waals surface area contributed by atoms with Crippen LogP contribution in [-0.2, 0) is 5.33 Å². The van der Waals surface area contributed by atoms with Gasteiger partial charge in [0.1, 0.15) is 0 Å². The molecule has 0 saturated carbocycles. The van der Waals surface area contributed by atoms with Crippen LogP contribution in [0.5, 0.6) is 0 Å². The van der Waals surface area contributed by atoms with E-state index in [0.29, 0.717) is 27.7 Å². The molecule has 1 heterocycles. The molecule has 0 aliphatic heterocycles. The quantitative estimate of drug-likeness (QED) is 0.248. The van der Waals surface area contributed by atoms with Gasteiger partial charge in [-0.1, -0.05) is 68.3 Å². The number of carbonyl (C=O) groups is 2. The van der Waals surface area contributed by atoms with Crippen LogP contribution in [0.4, 0.5) is 0 Å². The van der Waals surface area contributed by atoms with E-state index in [4.69, 9.17) is 0 Å². The average molecular weight is 497 g/mol. The van der Waals surface area contributed by atoms with Gasteiger partial charge in [-0.05, 0) is 42.5 Å². The van der Waals surface area contributed by atoms with E-state index in [9.17, 15) is 9.59 Å². The maximum atomic E-state index is 13.4. The zero-order valence-corrected chi connectivity index (χ0v) is 17.9. The molecule has 0 N–H and O–H groups in total. The number of aromatic nitrogens is 1. The van der Waals surface area contributed by atoms with E-state index in [2.05, 4.69) is 31.9 Å². The van der Waals surface area contributed by atoms with Crippen molar-refractivity contribution in [3.63, 3.8) is 0 Å². The number of halogens is 2. The maximum Gasteiger partial charge on any atom is 0.262 e. The second-order valence-electron chi connectivity index (χ2n) is 6.32. The van der Waals surface area contributed by atoms with Crippen LogP contribution in [0, 0.1) is 0 Å². The molecule has 3 aromatic carbocycles. The number of benzene rings is 3. The van der Waals surface area contributed by atoms with Gasteiger partial charge in [0.2, 0.25) is 0 Å². The second-order valence-corrected chi connectivity index (χ2v) is 7.79. The summed E-state index contributed by atoms with van der Waals surface area (Å²) in [6.07, 6.45) is 0. The summed E-state index contributed by atoms with van der Waals surface area (Å²) in [6.45, 7) is 0. The van der Waals surface area contributed by atoms with Crippen molar-refractivity contribution in [1.29, 1.82) is 0 Å². The van der Waals surface area contributed by atoms with Gasteiger partial charge in [0.05, 0.1) is 11.1 Å². The number of para-hydroxylation sites is 1. The Bertz CT molecular complexity index is 1180. The maximum absolute atomic E-state index is 13.4. The Balaban J connectivity index is 1.96. The van der Waals surface area contributed by atoms with Gasteiger partial charge in [0.25, 0.3) is 5.91 Å². The number of alkyl halides is 1. The van der Waals surface area contributed by atoms with E-state index >= 15 is 0 Å². The zero-order valence-electron chi connectivity index (χ0n) is 14.7. The molecule has 0 aliphatic rings. The van der Waals surface area contributed by atoms with Crippen molar-refractivity contribution >= 4 is 54.5 Å². The molecule has 28 heavy (non-hydrogen) atoms. The summed E-state index contributed by atoms with van der Waals surface area (Å²) >= 11 is 6.90. The summed E-state index contributed by atoms with van der Waals surface area (Å²) < 4.78 is 2.55. The van der Waals surface area contributed by atoms with E-state index in [-0.39, 0.29) is 11.7 Å². The van der Waals surface area contributed by atoms with Gasteiger partial charge in [-0.25, -0.2) is 0 Å². The van der Waals surface area contributed by atoms with Crippen molar-refractivity contribution < 1.29 is 9.59 Å². The van der Waals surface area contributed by atoms with Gasteiger partial charge in [-0.3, -0.25) is 14.2 Å². The fourth-order valence-electron chi connectivity index (χ4n) is 3.36. The van der Waals surface area contributed by atoms with Crippen molar-refractivity contribution in [2.75, 3.05) is 0 Å². The second kappa shape index (κ2) is 7.86. The summed E-state index contributed by atoms with van der Waals surface area (Å²) in [7, 11) is 0. The van der Waals surface area contributed by atoms with Crippen LogP contribution in [0.3, 0.4) is 0 Å². The highest BCUT2D eigenvalue weighted by atomic mass is 79.9. The number of ketones is 1. The summed E-state index contributed by atoms with van der Waals surface area (Å²) in [5.41, 5.74) is 3.10. The molecule has 0 amide bonds. The standard InChI is InChI=1S/C23H15Br2NO2/c24-14-20-21(22(27)15-10-12-17(25)13-11-15)18-8-4-5-9-19(18)26(20)23(28)16-6-2-1-3-7-16/h1-13H,14H2. The molecule has 4 aromatic rings. The molecule has 0 radical (unpaired) electrons. The Morgan fingerprint density at radius 2 is 1.43 bits per heavy atom. The lowest BCUT2D eigenvalue weighted by atomic mass is 10.0. The smallest absolute Gasteiger partial charge is 0.262 e. The highest BCUT2D eigenvalue weighted by Crippen LogP contribution is 2.31. The minimum absolute atomic E-state index is 0.0993. The average Bonchev–Trinajstić information content (AvgIpc) is 3.08. The lowest BCUT2D eigenvalue weighted by Gasteiger charge is -2.09. The molecule has 0 atom stereocenters. The van der Waals surface area contributed by atoms with Crippen molar-refractivity contribution in [3.05, 3.63) is 106 Å². The van der Waals surface area contributed by atoms with Crippen LogP contribution in [0.2, 0.25) is 0 Å². The first kappa shape index (κ1) is 18.8. The summed E-state index contributed by atoms with van der Waals surface area (Å²) in [5.74, 6) is -0.251. The monoisotopic (exact) mass is 495 g/mol. The highest BCUT2D eigenvalue weighted by molar-refractivity contribution is 9.10. The molecule has 0 unspecified atom stereocenters. The Labute approximate surface area is 179 Å². The number of nitrogens with zero attached hydrogens (tertiary/aromatic N) is 1. The highest BCUT2D eigenvalue weighted by Gasteiger charge is 2.26. The van der Waals surface area contributed by atoms with Crippen molar-refractivity contribution in [1.82, 2.24) is 4.57 Å². The van der Waals surface area contributed by atoms with Gasteiger partial charge in [-0.15, -0.1) is 0 Å². The van der Waals surface area contributed by atoms with Crippen molar-refractivity contribution in [3.8, 4) is 0 Å². The fraction of sp³-hybridized carbons (Fsp3) is 0.0435. The molecular formula is C23H15Br2NO2. The minimum Gasteiger partial charge on any atom is -0.289 e. The summed E-state index contributed by atoms with van der Waals surface area (Å²) in [6, 6.07) is 23.9. The minimum atomic E-state index is -0.152. The topological polar surface area (TPSA) is 39.1 Å². The molecule has 1 aromatic heterocycles. The number of fused-ring (bicyclic) bond motifs is 1. The molecule has 3 nitrogen and oxygen atoms in total. The van der Waals surface area contributed by atoms with Crippen LogP contribution in [-0.4, -0.2) is 16.3 Å². The number of hydrogen-bond acceptors (Lipinski definition) is 2. The Morgan fingerprint density at radius 1 is 0.786 bits per heavy atom. The van der Waals surface area contributed by atoms with E-state index in [0.717, 1.165) is 15.4 Å². The molecule has 138 valence electrons. The zero-order chi connectivity index (χ0) is 19.7. The number of carbonyl (C=O) groups excluding carboxylic acids is 2. The Morgan fingerprint density at radius 3 is 2.11 bits per heavy atom. The lowest BCUT2D eigenvalue weighted by Crippen LogP contribution is -2.15. The third-order valence-corrected chi connectivity index (χ3v) is 5.72. The van der Waals surface area contributed by atoms with Crippen LogP contribution in [0.1, 0.15) is 32.0 Å². The molecule has 0 spiro atoms. The number of rotatable bonds is 4. The fourth-order valence-corrected chi connectivity index (χ4v) is 4.16. The summed E-state index contributed by atoms with van der Waals surface area (Å²) in [5, 5.41) is 1.16. The van der Waals surface area contributed by atoms with E-state index in [1.165, 1.54) is 0 Å². The molecular weight excluding hydrogens is 482 g/mol. The van der Waals surface area contributed by atoms with Gasteiger partial charge >= 0.3 is 0 Å². The van der Waals surface area contributed by atoms with Crippen LogP contribution in [0.15, 0.2) is 83.3 Å². The van der Waals surface area contributed by atoms with Crippen molar-refractivity contribution in [2.24, 2.45) is 0 Å². The molecule has 0 bridgehead atoms. The third kappa shape index (κ3) is 3.25. The van der Waals surface area contributed by atoms with Crippen LogP contribution < -0.4 is 0 Å². The van der Waals surface area contributed by atoms with Gasteiger partial charge < -0.3 is 0 Å². The van der Waals surface area contributed by atoms with E-state index in [1.54, 1.807) is 28.8 Å². The first-order valence-electron chi connectivity index (χ1n) is 8.70. The van der Waals surface area contributed by atoms with Gasteiger partial charge in [0.15, 0.2) is 5.78 Å². The Kier molecular flexibility index (Phi) is 5.29. The normalized spacial score (nSPS) is 10.9. The Hall–Kier alpha value is -2.50. The SMILES string of the molecule is O=C(c1ccc(Br)cc1)c1c(CBr)n(C(=O)c2ccccc2)c2ccccc12. The van der Waals surface area contributed by atoms with E-state index in [1.807, 2.05) is 54.6 Å². The predicted molar refractivity (Wildman–Crippen MR) is 118 cm³/mol. The van der Waals surface area contributed by atoms with Crippen LogP contribution >= 0.6 is 31.9 Å². The summed E-state index contributed by atoms with van der Waals surface area (Å²) in [4.78, 5) is 26.6. The first-order valence-corrected chi connectivity index (χ1v) is 10.6. The van der Waals surface area contributed by atoms with Gasteiger partial charge in [0, 0.05) is 32.0 Å². The van der Waals surface area contributed by atoms with E-state index < -0.39 is 0 Å². The molecule has 0 saturated heterocycles.